The first kappa shape index (κ1) is 22.5. The van der Waals surface area contributed by atoms with E-state index in [1.165, 1.54) is 24.6 Å². The minimum atomic E-state index is -3.80. The van der Waals surface area contributed by atoms with Crippen LogP contribution < -0.4 is 14.8 Å². The predicted molar refractivity (Wildman–Crippen MR) is 116 cm³/mol. The molecule has 1 aliphatic rings. The smallest absolute Gasteiger partial charge is 0.243 e. The van der Waals surface area contributed by atoms with Crippen LogP contribution in [0.3, 0.4) is 0 Å². The number of anilines is 1. The molecule has 1 aromatic carbocycles. The lowest BCUT2D eigenvalue weighted by Gasteiger charge is -2.31. The molecule has 0 saturated carbocycles. The SMILES string of the molecule is COc1cc(C)c(S(=O)(=O)N2CCCC(C(=O)Nc3ccc(Br)cn3)C2)cc1OC. The fourth-order valence-corrected chi connectivity index (χ4v) is 5.41. The average Bonchev–Trinajstić information content (AvgIpc) is 2.75. The first-order chi connectivity index (χ1) is 14.3. The molecule has 0 spiro atoms. The number of carbonyl (C=O) groups is 1. The molecule has 0 bridgehead atoms. The highest BCUT2D eigenvalue weighted by molar-refractivity contribution is 9.10. The number of carbonyl (C=O) groups excluding carboxylic acids is 1. The number of hydrogen-bond acceptors (Lipinski definition) is 6. The number of pyridine rings is 1. The molecular formula is C20H24BrN3O5S. The summed E-state index contributed by atoms with van der Waals surface area (Å²) >= 11 is 3.30. The van der Waals surface area contributed by atoms with Crippen molar-refractivity contribution in [2.24, 2.45) is 5.92 Å². The Morgan fingerprint density at radius 1 is 1.23 bits per heavy atom. The molecular weight excluding hydrogens is 474 g/mol. The maximum Gasteiger partial charge on any atom is 0.243 e. The van der Waals surface area contributed by atoms with Gasteiger partial charge < -0.3 is 14.8 Å². The largest absolute Gasteiger partial charge is 0.493 e. The summed E-state index contributed by atoms with van der Waals surface area (Å²) in [5, 5.41) is 2.77. The van der Waals surface area contributed by atoms with Gasteiger partial charge >= 0.3 is 0 Å². The second-order valence-electron chi connectivity index (χ2n) is 7.03. The molecule has 2 aromatic rings. The molecule has 30 heavy (non-hydrogen) atoms. The summed E-state index contributed by atoms with van der Waals surface area (Å²) in [6.07, 6.45) is 2.80. The number of rotatable bonds is 6. The molecule has 1 amide bonds. The zero-order chi connectivity index (χ0) is 21.9. The topological polar surface area (TPSA) is 97.8 Å². The first-order valence-corrected chi connectivity index (χ1v) is 11.6. The summed E-state index contributed by atoms with van der Waals surface area (Å²) in [5.74, 6) is 0.535. The lowest BCUT2D eigenvalue weighted by Crippen LogP contribution is -2.43. The maximum atomic E-state index is 13.3. The van der Waals surface area contributed by atoms with Crippen LogP contribution >= 0.6 is 15.9 Å². The Labute approximate surface area is 184 Å². The highest BCUT2D eigenvalue weighted by atomic mass is 79.9. The van der Waals surface area contributed by atoms with E-state index >= 15 is 0 Å². The van der Waals surface area contributed by atoms with Crippen LogP contribution in [0.25, 0.3) is 0 Å². The molecule has 1 aliphatic heterocycles. The maximum absolute atomic E-state index is 13.3. The summed E-state index contributed by atoms with van der Waals surface area (Å²) in [6, 6.07) is 6.57. The fraction of sp³-hybridized carbons (Fsp3) is 0.400. The Morgan fingerprint density at radius 3 is 2.57 bits per heavy atom. The molecule has 8 nitrogen and oxygen atoms in total. The number of benzene rings is 1. The van der Waals surface area contributed by atoms with Gasteiger partial charge in [-0.25, -0.2) is 13.4 Å². The summed E-state index contributed by atoms with van der Waals surface area (Å²) in [6.45, 7) is 2.18. The Hall–Kier alpha value is -2.17. The number of piperidine rings is 1. The van der Waals surface area contributed by atoms with E-state index in [1.807, 2.05) is 0 Å². The van der Waals surface area contributed by atoms with E-state index in [0.29, 0.717) is 42.3 Å². The van der Waals surface area contributed by atoms with Crippen molar-refractivity contribution in [1.82, 2.24) is 9.29 Å². The second kappa shape index (κ2) is 9.32. The first-order valence-electron chi connectivity index (χ1n) is 9.41. The molecule has 1 unspecified atom stereocenters. The number of nitrogens with one attached hydrogen (secondary N) is 1. The van der Waals surface area contributed by atoms with E-state index in [9.17, 15) is 13.2 Å². The van der Waals surface area contributed by atoms with Crippen LogP contribution in [0.15, 0.2) is 39.8 Å². The number of ether oxygens (including phenoxy) is 2. The Bertz CT molecular complexity index is 1030. The van der Waals surface area contributed by atoms with Crippen molar-refractivity contribution in [3.8, 4) is 11.5 Å². The van der Waals surface area contributed by atoms with E-state index < -0.39 is 15.9 Å². The van der Waals surface area contributed by atoms with E-state index in [0.717, 1.165) is 4.47 Å². The molecule has 2 heterocycles. The number of methoxy groups -OCH3 is 2. The molecule has 162 valence electrons. The van der Waals surface area contributed by atoms with Crippen LogP contribution in [-0.2, 0) is 14.8 Å². The lowest BCUT2D eigenvalue weighted by molar-refractivity contribution is -0.120. The van der Waals surface area contributed by atoms with Crippen LogP contribution in [0.5, 0.6) is 11.5 Å². The van der Waals surface area contributed by atoms with Crippen molar-refractivity contribution in [1.29, 1.82) is 0 Å². The molecule has 1 fully saturated rings. The normalized spacial score (nSPS) is 17.4. The minimum Gasteiger partial charge on any atom is -0.493 e. The van der Waals surface area contributed by atoms with Gasteiger partial charge in [0.15, 0.2) is 11.5 Å². The summed E-state index contributed by atoms with van der Waals surface area (Å²) in [4.78, 5) is 17.0. The van der Waals surface area contributed by atoms with Crippen LogP contribution in [0, 0.1) is 12.8 Å². The predicted octanol–water partition coefficient (Wildman–Crippen LogP) is 3.21. The quantitative estimate of drug-likeness (QED) is 0.657. The van der Waals surface area contributed by atoms with Crippen LogP contribution in [0.1, 0.15) is 18.4 Å². The molecule has 0 radical (unpaired) electrons. The summed E-state index contributed by atoms with van der Waals surface area (Å²) < 4.78 is 39.3. The van der Waals surface area contributed by atoms with Crippen molar-refractivity contribution >= 4 is 37.7 Å². The van der Waals surface area contributed by atoms with Gasteiger partial charge in [-0.2, -0.15) is 4.31 Å². The van der Waals surface area contributed by atoms with Crippen molar-refractivity contribution in [3.63, 3.8) is 0 Å². The molecule has 10 heteroatoms. The Balaban J connectivity index is 1.80. The van der Waals surface area contributed by atoms with Crippen LogP contribution in [-0.4, -0.2) is 50.9 Å². The third-order valence-corrected chi connectivity index (χ3v) is 7.51. The second-order valence-corrected chi connectivity index (χ2v) is 9.85. The molecule has 1 atom stereocenters. The van der Waals surface area contributed by atoms with Gasteiger partial charge in [0.05, 0.1) is 25.0 Å². The van der Waals surface area contributed by atoms with E-state index in [2.05, 4.69) is 26.2 Å². The van der Waals surface area contributed by atoms with Crippen molar-refractivity contribution in [2.75, 3.05) is 32.6 Å². The monoisotopic (exact) mass is 497 g/mol. The summed E-state index contributed by atoms with van der Waals surface area (Å²) in [7, 11) is -0.840. The van der Waals surface area contributed by atoms with Gasteiger partial charge in [0, 0.05) is 29.8 Å². The number of sulfonamides is 1. The average molecular weight is 498 g/mol. The third kappa shape index (κ3) is 4.76. The molecule has 3 rings (SSSR count). The number of aromatic nitrogens is 1. The van der Waals surface area contributed by atoms with E-state index in [4.69, 9.17) is 9.47 Å². The Morgan fingerprint density at radius 2 is 1.93 bits per heavy atom. The van der Waals surface area contributed by atoms with E-state index in [1.54, 1.807) is 31.3 Å². The zero-order valence-electron chi connectivity index (χ0n) is 17.0. The standard InChI is InChI=1S/C20H24BrN3O5S/c1-13-9-16(28-2)17(29-3)10-18(13)30(26,27)24-8-4-5-14(12-24)20(25)23-19-7-6-15(21)11-22-19/h6-7,9-11,14H,4-5,8,12H2,1-3H3,(H,22,23,25). The van der Waals surface area contributed by atoms with Gasteiger partial charge in [-0.1, -0.05) is 0 Å². The van der Waals surface area contributed by atoms with Crippen molar-refractivity contribution < 1.29 is 22.7 Å². The molecule has 1 aromatic heterocycles. The minimum absolute atomic E-state index is 0.110. The van der Waals surface area contributed by atoms with Gasteiger partial charge in [0.25, 0.3) is 0 Å². The van der Waals surface area contributed by atoms with Gasteiger partial charge in [0.2, 0.25) is 15.9 Å². The summed E-state index contributed by atoms with van der Waals surface area (Å²) in [5.41, 5.74) is 0.554. The van der Waals surface area contributed by atoms with Crippen LogP contribution in [0.4, 0.5) is 5.82 Å². The van der Waals surface area contributed by atoms with Crippen molar-refractivity contribution in [3.05, 3.63) is 40.5 Å². The van der Waals surface area contributed by atoms with Crippen molar-refractivity contribution in [2.45, 2.75) is 24.7 Å². The van der Waals surface area contributed by atoms with E-state index in [-0.39, 0.29) is 17.3 Å². The fourth-order valence-electron chi connectivity index (χ4n) is 3.43. The highest BCUT2D eigenvalue weighted by Crippen LogP contribution is 2.34. The van der Waals surface area contributed by atoms with Crippen LogP contribution in [0.2, 0.25) is 0 Å². The lowest BCUT2D eigenvalue weighted by atomic mass is 9.99. The third-order valence-electron chi connectivity index (χ3n) is 5.03. The molecule has 1 N–H and O–H groups in total. The van der Waals surface area contributed by atoms with Gasteiger partial charge in [-0.3, -0.25) is 4.79 Å². The molecule has 1 saturated heterocycles. The number of aryl methyl sites for hydroxylation is 1. The van der Waals surface area contributed by atoms with Gasteiger partial charge in [0.1, 0.15) is 5.82 Å². The van der Waals surface area contributed by atoms with Gasteiger partial charge in [-0.15, -0.1) is 0 Å². The Kier molecular flexibility index (Phi) is 6.99. The van der Waals surface area contributed by atoms with Gasteiger partial charge in [-0.05, 0) is 59.5 Å². The number of nitrogens with zero attached hydrogens (tertiary/aromatic N) is 2. The molecule has 0 aliphatic carbocycles. The number of halogens is 1. The zero-order valence-corrected chi connectivity index (χ0v) is 19.4. The highest BCUT2D eigenvalue weighted by Gasteiger charge is 2.34. The number of amides is 1. The number of hydrogen-bond donors (Lipinski definition) is 1.